The highest BCUT2D eigenvalue weighted by atomic mass is 32.2. The van der Waals surface area contributed by atoms with Gasteiger partial charge in [0.25, 0.3) is 0 Å². The fourth-order valence-corrected chi connectivity index (χ4v) is 5.32. The SMILES string of the molecule is Cc1nc(CC(=O)C2(c3ccc4c(c3)OCO4)CC2)ccc1-c1ccc(S(=O)(=O)N(C)C)cc1. The summed E-state index contributed by atoms with van der Waals surface area (Å²) in [6, 6.07) is 16.3. The van der Waals surface area contributed by atoms with E-state index in [1.165, 1.54) is 18.4 Å². The molecule has 2 aliphatic rings. The van der Waals surface area contributed by atoms with Crippen molar-refractivity contribution < 1.29 is 22.7 Å². The Balaban J connectivity index is 1.34. The van der Waals surface area contributed by atoms with Gasteiger partial charge in [-0.2, -0.15) is 0 Å². The quantitative estimate of drug-likeness (QED) is 0.512. The molecule has 0 amide bonds. The van der Waals surface area contributed by atoms with Gasteiger partial charge in [-0.3, -0.25) is 9.78 Å². The lowest BCUT2D eigenvalue weighted by Crippen LogP contribution is -2.23. The zero-order chi connectivity index (χ0) is 24.1. The standard InChI is InChI=1S/C26H26N2O5S/c1-17-22(18-4-8-21(9-5-18)34(30,31)28(2)3)10-7-20(27-17)15-25(29)26(12-13-26)19-6-11-23-24(14-19)33-16-32-23/h4-11,14H,12-13,15-16H2,1-3H3. The first-order valence-corrected chi connectivity index (χ1v) is 12.6. The van der Waals surface area contributed by atoms with Crippen molar-refractivity contribution in [3.05, 3.63) is 71.5 Å². The maximum atomic E-state index is 13.3. The third-order valence-electron chi connectivity index (χ3n) is 6.64. The molecule has 1 saturated carbocycles. The van der Waals surface area contributed by atoms with Crippen molar-refractivity contribution >= 4 is 15.8 Å². The number of sulfonamides is 1. The van der Waals surface area contributed by atoms with Crippen LogP contribution in [0.1, 0.15) is 29.8 Å². The number of carbonyl (C=O) groups is 1. The van der Waals surface area contributed by atoms with E-state index in [1.807, 2.05) is 37.3 Å². The number of rotatable bonds is 7. The van der Waals surface area contributed by atoms with E-state index in [0.29, 0.717) is 11.5 Å². The largest absolute Gasteiger partial charge is 0.454 e. The van der Waals surface area contributed by atoms with Crippen LogP contribution in [0.25, 0.3) is 11.1 Å². The third kappa shape index (κ3) is 3.86. The zero-order valence-corrected chi connectivity index (χ0v) is 20.2. The Morgan fingerprint density at radius 1 is 1.00 bits per heavy atom. The number of nitrogens with zero attached hydrogens (tertiary/aromatic N) is 2. The first-order chi connectivity index (χ1) is 16.2. The predicted octanol–water partition coefficient (Wildman–Crippen LogP) is 3.88. The molecule has 3 aromatic rings. The van der Waals surface area contributed by atoms with Crippen molar-refractivity contribution in [1.82, 2.24) is 9.29 Å². The molecule has 0 bridgehead atoms. The molecule has 8 heteroatoms. The number of carbonyl (C=O) groups excluding carboxylic acids is 1. The van der Waals surface area contributed by atoms with Crippen LogP contribution in [0, 0.1) is 6.92 Å². The van der Waals surface area contributed by atoms with Crippen LogP contribution >= 0.6 is 0 Å². The van der Waals surface area contributed by atoms with Gasteiger partial charge in [-0.15, -0.1) is 0 Å². The molecule has 7 nitrogen and oxygen atoms in total. The summed E-state index contributed by atoms with van der Waals surface area (Å²) in [5.74, 6) is 1.57. The average Bonchev–Trinajstić information content (AvgIpc) is 3.50. The highest BCUT2D eigenvalue weighted by molar-refractivity contribution is 7.89. The number of Topliss-reactive ketones (excluding diaryl/α,β-unsaturated/α-hetero) is 1. The van der Waals surface area contributed by atoms with Crippen LogP contribution in [0.4, 0.5) is 0 Å². The van der Waals surface area contributed by atoms with Gasteiger partial charge in [-0.05, 0) is 61.2 Å². The minimum Gasteiger partial charge on any atom is -0.454 e. The number of hydrogen-bond donors (Lipinski definition) is 0. The average molecular weight is 479 g/mol. The van der Waals surface area contributed by atoms with Crippen molar-refractivity contribution in [2.45, 2.75) is 36.5 Å². The van der Waals surface area contributed by atoms with Crippen molar-refractivity contribution in [2.75, 3.05) is 20.9 Å². The first-order valence-electron chi connectivity index (χ1n) is 11.1. The zero-order valence-electron chi connectivity index (χ0n) is 19.4. The Kier molecular flexibility index (Phi) is 5.45. The van der Waals surface area contributed by atoms with Gasteiger partial charge in [0.15, 0.2) is 11.5 Å². The topological polar surface area (TPSA) is 85.8 Å². The molecule has 1 aliphatic carbocycles. The lowest BCUT2D eigenvalue weighted by molar-refractivity contribution is -0.120. The van der Waals surface area contributed by atoms with Gasteiger partial charge in [0.1, 0.15) is 5.78 Å². The maximum Gasteiger partial charge on any atom is 0.242 e. The first kappa shape index (κ1) is 22.6. The number of ether oxygens (including phenoxy) is 2. The second-order valence-corrected chi connectivity index (χ2v) is 11.1. The maximum absolute atomic E-state index is 13.3. The Morgan fingerprint density at radius 3 is 2.35 bits per heavy atom. The predicted molar refractivity (Wildman–Crippen MR) is 127 cm³/mol. The van der Waals surface area contributed by atoms with Gasteiger partial charge < -0.3 is 9.47 Å². The summed E-state index contributed by atoms with van der Waals surface area (Å²) in [5, 5.41) is 0. The Hall–Kier alpha value is -3.23. The van der Waals surface area contributed by atoms with Crippen LogP contribution in [0.5, 0.6) is 11.5 Å². The number of fused-ring (bicyclic) bond motifs is 1. The number of hydrogen-bond acceptors (Lipinski definition) is 6. The summed E-state index contributed by atoms with van der Waals surface area (Å²) in [6.45, 7) is 2.11. The molecule has 0 atom stereocenters. The van der Waals surface area contributed by atoms with E-state index in [-0.39, 0.29) is 23.9 Å². The summed E-state index contributed by atoms with van der Waals surface area (Å²) in [7, 11) is -0.456. The molecule has 1 aromatic heterocycles. The number of aromatic nitrogens is 1. The van der Waals surface area contributed by atoms with Crippen molar-refractivity contribution in [1.29, 1.82) is 0 Å². The van der Waals surface area contributed by atoms with Crippen LogP contribution in [-0.2, 0) is 26.7 Å². The molecular formula is C26H26N2O5S. The van der Waals surface area contributed by atoms with E-state index in [0.717, 1.165) is 40.9 Å². The highest BCUT2D eigenvalue weighted by Gasteiger charge is 2.51. The Bertz CT molecular complexity index is 1380. The van der Waals surface area contributed by atoms with Gasteiger partial charge in [0.2, 0.25) is 16.8 Å². The lowest BCUT2D eigenvalue weighted by Gasteiger charge is -2.16. The van der Waals surface area contributed by atoms with E-state index in [2.05, 4.69) is 4.98 Å². The summed E-state index contributed by atoms with van der Waals surface area (Å²) >= 11 is 0. The molecule has 176 valence electrons. The molecule has 1 fully saturated rings. The van der Waals surface area contributed by atoms with Crippen LogP contribution in [0.3, 0.4) is 0 Å². The van der Waals surface area contributed by atoms with Gasteiger partial charge >= 0.3 is 0 Å². The van der Waals surface area contributed by atoms with Crippen LogP contribution in [-0.4, -0.2) is 44.4 Å². The minimum absolute atomic E-state index is 0.157. The molecule has 0 radical (unpaired) electrons. The molecule has 0 spiro atoms. The van der Waals surface area contributed by atoms with Crippen molar-refractivity contribution in [2.24, 2.45) is 0 Å². The van der Waals surface area contributed by atoms with Crippen LogP contribution in [0.15, 0.2) is 59.5 Å². The summed E-state index contributed by atoms with van der Waals surface area (Å²) in [5.41, 5.74) is 3.80. The molecule has 1 aliphatic heterocycles. The monoisotopic (exact) mass is 478 g/mol. The lowest BCUT2D eigenvalue weighted by atomic mass is 9.88. The number of pyridine rings is 1. The fraction of sp³-hybridized carbons (Fsp3) is 0.308. The molecule has 0 saturated heterocycles. The second kappa shape index (κ2) is 8.21. The van der Waals surface area contributed by atoms with Crippen LogP contribution in [0.2, 0.25) is 0 Å². The van der Waals surface area contributed by atoms with E-state index in [4.69, 9.17) is 9.47 Å². The normalized spacial score (nSPS) is 16.0. The summed E-state index contributed by atoms with van der Waals surface area (Å²) in [6.07, 6.45) is 1.91. The van der Waals surface area contributed by atoms with Crippen LogP contribution < -0.4 is 9.47 Å². The Labute approximate surface area is 199 Å². The number of ketones is 1. The van der Waals surface area contributed by atoms with E-state index >= 15 is 0 Å². The minimum atomic E-state index is -3.48. The fourth-order valence-electron chi connectivity index (χ4n) is 4.42. The smallest absolute Gasteiger partial charge is 0.242 e. The molecule has 5 rings (SSSR count). The van der Waals surface area contributed by atoms with E-state index in [9.17, 15) is 13.2 Å². The summed E-state index contributed by atoms with van der Waals surface area (Å²) in [4.78, 5) is 18.2. The number of aryl methyl sites for hydroxylation is 1. The highest BCUT2D eigenvalue weighted by Crippen LogP contribution is 2.51. The molecule has 0 unspecified atom stereocenters. The van der Waals surface area contributed by atoms with Crippen molar-refractivity contribution in [3.63, 3.8) is 0 Å². The van der Waals surface area contributed by atoms with Gasteiger partial charge in [-0.1, -0.05) is 24.3 Å². The van der Waals surface area contributed by atoms with Crippen molar-refractivity contribution in [3.8, 4) is 22.6 Å². The van der Waals surface area contributed by atoms with E-state index < -0.39 is 15.4 Å². The second-order valence-electron chi connectivity index (χ2n) is 9.00. The number of benzene rings is 2. The molecular weight excluding hydrogens is 452 g/mol. The summed E-state index contributed by atoms with van der Waals surface area (Å²) < 4.78 is 36.7. The molecule has 0 N–H and O–H groups in total. The Morgan fingerprint density at radius 2 is 1.71 bits per heavy atom. The molecule has 2 heterocycles. The third-order valence-corrected chi connectivity index (χ3v) is 8.47. The van der Waals surface area contributed by atoms with Gasteiger partial charge in [-0.25, -0.2) is 12.7 Å². The van der Waals surface area contributed by atoms with Gasteiger partial charge in [0, 0.05) is 37.5 Å². The molecule has 2 aromatic carbocycles. The van der Waals surface area contributed by atoms with E-state index in [1.54, 1.807) is 24.3 Å². The molecule has 34 heavy (non-hydrogen) atoms. The van der Waals surface area contributed by atoms with Gasteiger partial charge in [0.05, 0.1) is 10.3 Å².